The number of anilines is 3. The van der Waals surface area contributed by atoms with Crippen molar-refractivity contribution in [3.63, 3.8) is 0 Å². The van der Waals surface area contributed by atoms with E-state index in [1.54, 1.807) is 0 Å². The van der Waals surface area contributed by atoms with Gasteiger partial charge in [-0.15, -0.1) is 11.3 Å². The summed E-state index contributed by atoms with van der Waals surface area (Å²) in [6.07, 6.45) is 0. The Morgan fingerprint density at radius 2 is 1.26 bits per heavy atom. The van der Waals surface area contributed by atoms with Crippen molar-refractivity contribution in [1.29, 1.82) is 0 Å². The van der Waals surface area contributed by atoms with E-state index in [0.717, 1.165) is 44.5 Å². The third kappa shape index (κ3) is 3.61. The molecule has 184 valence electrons. The fraction of sp³-hybridized carbons (Fsp3) is 0. The van der Waals surface area contributed by atoms with Crippen molar-refractivity contribution in [1.82, 2.24) is 4.98 Å². The highest BCUT2D eigenvalue weighted by molar-refractivity contribution is 7.25. The highest BCUT2D eigenvalue weighted by Gasteiger charge is 2.19. The first-order valence-corrected chi connectivity index (χ1v) is 13.8. The second-order valence-corrected chi connectivity index (χ2v) is 10.7. The summed E-state index contributed by atoms with van der Waals surface area (Å²) in [4.78, 5) is 7.14. The molecular formula is C35H22N2OS. The molecule has 2 aromatic heterocycles. The highest BCUT2D eigenvalue weighted by Crippen LogP contribution is 2.43. The summed E-state index contributed by atoms with van der Waals surface area (Å²) in [6, 6.07) is 46.7. The van der Waals surface area contributed by atoms with Gasteiger partial charge in [0.15, 0.2) is 5.58 Å². The molecule has 2 heterocycles. The Morgan fingerprint density at radius 1 is 0.538 bits per heavy atom. The van der Waals surface area contributed by atoms with Crippen molar-refractivity contribution >= 4 is 70.4 Å². The maximum absolute atomic E-state index is 6.38. The minimum absolute atomic E-state index is 0.638. The van der Waals surface area contributed by atoms with E-state index in [-0.39, 0.29) is 0 Å². The quantitative estimate of drug-likeness (QED) is 0.232. The zero-order valence-electron chi connectivity index (χ0n) is 20.9. The molecule has 3 nitrogen and oxygen atoms in total. The first-order valence-electron chi connectivity index (χ1n) is 13.0. The lowest BCUT2D eigenvalue weighted by Crippen LogP contribution is -2.10. The summed E-state index contributed by atoms with van der Waals surface area (Å²) in [5, 5.41) is 4.76. The van der Waals surface area contributed by atoms with Crippen LogP contribution < -0.4 is 4.90 Å². The lowest BCUT2D eigenvalue weighted by Gasteiger charge is -2.27. The molecule has 0 saturated carbocycles. The predicted octanol–water partition coefficient (Wildman–Crippen LogP) is 10.5. The molecule has 0 bridgehead atoms. The summed E-state index contributed by atoms with van der Waals surface area (Å²) >= 11 is 1.84. The molecule has 0 aliphatic rings. The minimum Gasteiger partial charge on any atom is -0.435 e. The fourth-order valence-corrected chi connectivity index (χ4v) is 6.62. The van der Waals surface area contributed by atoms with E-state index < -0.39 is 0 Å². The number of thiophene rings is 1. The van der Waals surface area contributed by atoms with Crippen LogP contribution in [0.15, 0.2) is 138 Å². The summed E-state index contributed by atoms with van der Waals surface area (Å²) in [6.45, 7) is 0. The number of nitrogens with zero attached hydrogens (tertiary/aromatic N) is 2. The molecule has 8 aromatic rings. The van der Waals surface area contributed by atoms with Crippen LogP contribution in [0.3, 0.4) is 0 Å². The molecule has 0 saturated heterocycles. The van der Waals surface area contributed by atoms with Crippen LogP contribution in [0.5, 0.6) is 0 Å². The van der Waals surface area contributed by atoms with Gasteiger partial charge in [0.25, 0.3) is 0 Å². The van der Waals surface area contributed by atoms with Gasteiger partial charge in [-0.3, -0.25) is 0 Å². The fourth-order valence-electron chi connectivity index (χ4n) is 5.48. The Balaban J connectivity index is 1.35. The van der Waals surface area contributed by atoms with Crippen molar-refractivity contribution in [2.75, 3.05) is 4.90 Å². The summed E-state index contributed by atoms with van der Waals surface area (Å²) < 4.78 is 8.96. The SMILES string of the molecule is c1ccc(-c2nc3ccc4c(N(c5ccccc5)c5ccc6c(c5)sc5ccccc56)cccc4c3o2)cc1. The van der Waals surface area contributed by atoms with Crippen LogP contribution >= 0.6 is 11.3 Å². The smallest absolute Gasteiger partial charge is 0.227 e. The van der Waals surface area contributed by atoms with Gasteiger partial charge in [-0.05, 0) is 60.7 Å². The Hall–Kier alpha value is -4.93. The number of hydrogen-bond acceptors (Lipinski definition) is 4. The van der Waals surface area contributed by atoms with Gasteiger partial charge in [-0.1, -0.05) is 72.8 Å². The van der Waals surface area contributed by atoms with Crippen molar-refractivity contribution in [3.8, 4) is 11.5 Å². The van der Waals surface area contributed by atoms with Gasteiger partial charge in [0, 0.05) is 47.9 Å². The van der Waals surface area contributed by atoms with E-state index in [9.17, 15) is 0 Å². The van der Waals surface area contributed by atoms with Gasteiger partial charge >= 0.3 is 0 Å². The minimum atomic E-state index is 0.638. The molecule has 0 fully saturated rings. The number of hydrogen-bond donors (Lipinski definition) is 0. The molecule has 0 N–H and O–H groups in total. The van der Waals surface area contributed by atoms with E-state index in [1.165, 1.54) is 20.2 Å². The van der Waals surface area contributed by atoms with Crippen LogP contribution in [-0.2, 0) is 0 Å². The maximum Gasteiger partial charge on any atom is 0.227 e. The predicted molar refractivity (Wildman–Crippen MR) is 165 cm³/mol. The Labute approximate surface area is 229 Å². The molecule has 4 heteroatoms. The largest absolute Gasteiger partial charge is 0.435 e. The monoisotopic (exact) mass is 518 g/mol. The maximum atomic E-state index is 6.38. The van der Waals surface area contributed by atoms with Crippen LogP contribution in [0.4, 0.5) is 17.1 Å². The van der Waals surface area contributed by atoms with Crippen LogP contribution in [0.2, 0.25) is 0 Å². The third-order valence-corrected chi connectivity index (χ3v) is 8.42. The molecule has 0 aliphatic heterocycles. The van der Waals surface area contributed by atoms with Crippen LogP contribution in [0, 0.1) is 0 Å². The molecule has 0 atom stereocenters. The van der Waals surface area contributed by atoms with Gasteiger partial charge in [0.1, 0.15) is 5.52 Å². The number of fused-ring (bicyclic) bond motifs is 6. The van der Waals surface area contributed by atoms with Crippen molar-refractivity contribution in [3.05, 3.63) is 133 Å². The second-order valence-electron chi connectivity index (χ2n) is 9.62. The lowest BCUT2D eigenvalue weighted by atomic mass is 10.0. The van der Waals surface area contributed by atoms with Crippen molar-refractivity contribution in [2.45, 2.75) is 0 Å². The molecule has 6 aromatic carbocycles. The summed E-state index contributed by atoms with van der Waals surface area (Å²) in [5.41, 5.74) is 5.96. The van der Waals surface area contributed by atoms with Gasteiger partial charge in [-0.2, -0.15) is 0 Å². The van der Waals surface area contributed by atoms with E-state index in [1.807, 2.05) is 41.7 Å². The molecule has 8 rings (SSSR count). The lowest BCUT2D eigenvalue weighted by molar-refractivity contribution is 0.623. The summed E-state index contributed by atoms with van der Waals surface area (Å²) in [7, 11) is 0. The highest BCUT2D eigenvalue weighted by atomic mass is 32.1. The van der Waals surface area contributed by atoms with Gasteiger partial charge in [0.05, 0.1) is 5.69 Å². The molecule has 0 radical (unpaired) electrons. The Kier molecular flexibility index (Phi) is 5.00. The van der Waals surface area contributed by atoms with Crippen molar-refractivity contribution in [2.24, 2.45) is 0 Å². The zero-order valence-corrected chi connectivity index (χ0v) is 21.7. The van der Waals surface area contributed by atoms with Crippen LogP contribution in [0.25, 0.3) is 53.5 Å². The van der Waals surface area contributed by atoms with Crippen LogP contribution in [-0.4, -0.2) is 4.98 Å². The molecule has 0 spiro atoms. The number of para-hydroxylation sites is 1. The van der Waals surface area contributed by atoms with E-state index >= 15 is 0 Å². The topological polar surface area (TPSA) is 29.3 Å². The first kappa shape index (κ1) is 22.1. The van der Waals surface area contributed by atoms with Gasteiger partial charge in [-0.25, -0.2) is 4.98 Å². The average Bonchev–Trinajstić information content (AvgIpc) is 3.60. The second kappa shape index (κ2) is 8.83. The molecule has 0 aliphatic carbocycles. The molecule has 0 amide bonds. The number of rotatable bonds is 4. The van der Waals surface area contributed by atoms with E-state index in [0.29, 0.717) is 5.89 Å². The molecule has 0 unspecified atom stereocenters. The number of oxazole rings is 1. The normalized spacial score (nSPS) is 11.6. The first-order chi connectivity index (χ1) is 19.3. The van der Waals surface area contributed by atoms with Crippen LogP contribution in [0.1, 0.15) is 0 Å². The summed E-state index contributed by atoms with van der Waals surface area (Å²) in [5.74, 6) is 0.638. The molecule has 39 heavy (non-hydrogen) atoms. The number of benzene rings is 6. The van der Waals surface area contributed by atoms with Gasteiger partial charge < -0.3 is 9.32 Å². The van der Waals surface area contributed by atoms with Gasteiger partial charge in [0.2, 0.25) is 5.89 Å². The standard InChI is InChI=1S/C35H22N2OS/c1-3-10-23(11-4-1)35-36-30-21-20-26-29(34(30)38-35)15-9-16-31(26)37(24-12-5-2-6-13-24)25-18-19-28-27-14-7-8-17-32(27)39-33(28)22-25/h1-22H. The average molecular weight is 519 g/mol. The number of aromatic nitrogens is 1. The third-order valence-electron chi connectivity index (χ3n) is 7.29. The molecular weight excluding hydrogens is 496 g/mol. The Bertz CT molecular complexity index is 2130. The van der Waals surface area contributed by atoms with E-state index in [4.69, 9.17) is 9.40 Å². The Morgan fingerprint density at radius 3 is 2.13 bits per heavy atom. The van der Waals surface area contributed by atoms with Crippen molar-refractivity contribution < 1.29 is 4.42 Å². The van der Waals surface area contributed by atoms with E-state index in [2.05, 4.69) is 108 Å². The zero-order chi connectivity index (χ0) is 25.8.